The first-order valence-electron chi connectivity index (χ1n) is 10.6. The van der Waals surface area contributed by atoms with Crippen LogP contribution in [0.4, 0.5) is 0 Å². The summed E-state index contributed by atoms with van der Waals surface area (Å²) in [5.41, 5.74) is 10.1. The highest BCUT2D eigenvalue weighted by atomic mass is 16.5. The lowest BCUT2D eigenvalue weighted by atomic mass is 9.84. The van der Waals surface area contributed by atoms with E-state index < -0.39 is 0 Å². The number of rotatable bonds is 4. The summed E-state index contributed by atoms with van der Waals surface area (Å²) in [4.78, 5) is 6.69. The number of nitrogens with two attached hydrogens (primary N) is 1. The van der Waals surface area contributed by atoms with E-state index in [4.69, 9.17) is 10.5 Å². The SMILES string of the molecule is N[C@@H]1CCCN(C2CCc3ccccc3C2Oc2ccc(-n3ccnc3)cc2)C1. The van der Waals surface area contributed by atoms with E-state index in [9.17, 15) is 0 Å². The lowest BCUT2D eigenvalue weighted by Crippen LogP contribution is -2.51. The second-order valence-electron chi connectivity index (χ2n) is 8.20. The van der Waals surface area contributed by atoms with Crippen LogP contribution < -0.4 is 10.5 Å². The van der Waals surface area contributed by atoms with Crippen molar-refractivity contribution in [2.24, 2.45) is 5.73 Å². The molecule has 3 atom stereocenters. The third-order valence-electron chi connectivity index (χ3n) is 6.28. The zero-order valence-electron chi connectivity index (χ0n) is 16.7. The highest BCUT2D eigenvalue weighted by molar-refractivity contribution is 5.39. The van der Waals surface area contributed by atoms with Crippen LogP contribution >= 0.6 is 0 Å². The van der Waals surface area contributed by atoms with Gasteiger partial charge in [-0.2, -0.15) is 0 Å². The number of piperidine rings is 1. The summed E-state index contributed by atoms with van der Waals surface area (Å²) in [6, 6.07) is 17.7. The molecule has 1 aromatic heterocycles. The molecule has 5 nitrogen and oxygen atoms in total. The minimum absolute atomic E-state index is 0.0318. The number of aryl methyl sites for hydroxylation is 1. The van der Waals surface area contributed by atoms with E-state index in [0.717, 1.165) is 43.8 Å². The third-order valence-corrected chi connectivity index (χ3v) is 6.28. The minimum atomic E-state index is 0.0318. The quantitative estimate of drug-likeness (QED) is 0.740. The summed E-state index contributed by atoms with van der Waals surface area (Å²) in [7, 11) is 0. The van der Waals surface area contributed by atoms with E-state index in [2.05, 4.69) is 58.4 Å². The molecule has 3 aromatic rings. The number of fused-ring (bicyclic) bond motifs is 1. The van der Waals surface area contributed by atoms with Crippen molar-refractivity contribution in [1.29, 1.82) is 0 Å². The van der Waals surface area contributed by atoms with Crippen LogP contribution in [-0.4, -0.2) is 39.6 Å². The fourth-order valence-corrected chi connectivity index (χ4v) is 4.81. The molecule has 2 aromatic carbocycles. The van der Waals surface area contributed by atoms with Crippen molar-refractivity contribution in [2.75, 3.05) is 13.1 Å². The van der Waals surface area contributed by atoms with Crippen LogP contribution in [0.3, 0.4) is 0 Å². The van der Waals surface area contributed by atoms with Gasteiger partial charge in [0.2, 0.25) is 0 Å². The molecule has 2 unspecified atom stereocenters. The second-order valence-corrected chi connectivity index (χ2v) is 8.20. The number of imidazole rings is 1. The topological polar surface area (TPSA) is 56.3 Å². The van der Waals surface area contributed by atoms with Gasteiger partial charge in [0, 0.05) is 30.7 Å². The number of benzene rings is 2. The predicted molar refractivity (Wildman–Crippen MR) is 114 cm³/mol. The van der Waals surface area contributed by atoms with Gasteiger partial charge in [-0.1, -0.05) is 24.3 Å². The lowest BCUT2D eigenvalue weighted by molar-refractivity contribution is 0.0367. The largest absolute Gasteiger partial charge is 0.484 e. The molecule has 0 spiro atoms. The van der Waals surface area contributed by atoms with E-state index in [1.807, 2.05) is 17.1 Å². The summed E-state index contributed by atoms with van der Waals surface area (Å²) < 4.78 is 8.65. The Morgan fingerprint density at radius 1 is 1.03 bits per heavy atom. The molecule has 5 heteroatoms. The highest BCUT2D eigenvalue weighted by Gasteiger charge is 2.36. The van der Waals surface area contributed by atoms with Crippen LogP contribution in [0.2, 0.25) is 0 Å². The Labute approximate surface area is 172 Å². The summed E-state index contributed by atoms with van der Waals surface area (Å²) in [5.74, 6) is 0.905. The molecule has 1 saturated heterocycles. The summed E-state index contributed by atoms with van der Waals surface area (Å²) in [6.45, 7) is 2.08. The predicted octanol–water partition coefficient (Wildman–Crippen LogP) is 3.73. The number of likely N-dealkylation sites (tertiary alicyclic amines) is 1. The van der Waals surface area contributed by atoms with Crippen molar-refractivity contribution in [3.63, 3.8) is 0 Å². The van der Waals surface area contributed by atoms with Crippen molar-refractivity contribution in [3.05, 3.63) is 78.4 Å². The third kappa shape index (κ3) is 3.80. The standard InChI is InChI=1S/C24H28N4O/c25-19-5-3-14-27(16-19)23-12-7-18-4-1-2-6-22(18)24(23)29-21-10-8-20(9-11-21)28-15-13-26-17-28/h1-2,4,6,8-11,13,15,17,19,23-24H,3,5,7,12,14,16,25H2/t19-,23?,24?/m1/s1. The molecule has 0 saturated carbocycles. The van der Waals surface area contributed by atoms with Crippen LogP contribution in [-0.2, 0) is 6.42 Å². The number of ether oxygens (including phenoxy) is 1. The molecular weight excluding hydrogens is 360 g/mol. The Morgan fingerprint density at radius 2 is 1.90 bits per heavy atom. The molecular formula is C24H28N4O. The van der Waals surface area contributed by atoms with Gasteiger partial charge in [0.05, 0.1) is 12.4 Å². The molecule has 1 aliphatic carbocycles. The smallest absolute Gasteiger partial charge is 0.139 e. The van der Waals surface area contributed by atoms with Gasteiger partial charge in [-0.05, 0) is 67.6 Å². The van der Waals surface area contributed by atoms with Gasteiger partial charge in [-0.25, -0.2) is 4.98 Å². The van der Waals surface area contributed by atoms with E-state index >= 15 is 0 Å². The fourth-order valence-electron chi connectivity index (χ4n) is 4.81. The maximum Gasteiger partial charge on any atom is 0.139 e. The van der Waals surface area contributed by atoms with Gasteiger partial charge in [-0.3, -0.25) is 4.90 Å². The average Bonchev–Trinajstić information content (AvgIpc) is 3.29. The Balaban J connectivity index is 1.42. The Hall–Kier alpha value is -2.63. The maximum absolute atomic E-state index is 6.65. The highest BCUT2D eigenvalue weighted by Crippen LogP contribution is 2.37. The summed E-state index contributed by atoms with van der Waals surface area (Å²) >= 11 is 0. The minimum Gasteiger partial charge on any atom is -0.484 e. The van der Waals surface area contributed by atoms with E-state index in [0.29, 0.717) is 6.04 Å². The number of nitrogens with zero attached hydrogens (tertiary/aromatic N) is 3. The van der Waals surface area contributed by atoms with Gasteiger partial charge >= 0.3 is 0 Å². The number of aromatic nitrogens is 2. The molecule has 29 heavy (non-hydrogen) atoms. The average molecular weight is 389 g/mol. The van der Waals surface area contributed by atoms with Crippen LogP contribution in [0, 0.1) is 0 Å². The maximum atomic E-state index is 6.65. The van der Waals surface area contributed by atoms with Gasteiger partial charge in [0.1, 0.15) is 11.9 Å². The van der Waals surface area contributed by atoms with Crippen LogP contribution in [0.15, 0.2) is 67.3 Å². The molecule has 2 N–H and O–H groups in total. The van der Waals surface area contributed by atoms with Gasteiger partial charge in [0.15, 0.2) is 0 Å². The van der Waals surface area contributed by atoms with E-state index in [-0.39, 0.29) is 12.1 Å². The molecule has 5 rings (SSSR count). The van der Waals surface area contributed by atoms with Gasteiger partial charge in [-0.15, -0.1) is 0 Å². The fraction of sp³-hybridized carbons (Fsp3) is 0.375. The van der Waals surface area contributed by atoms with Crippen LogP contribution in [0.25, 0.3) is 5.69 Å². The molecule has 0 bridgehead atoms. The summed E-state index contributed by atoms with van der Waals surface area (Å²) in [6.07, 6.45) is 10.1. The zero-order valence-corrected chi connectivity index (χ0v) is 16.7. The molecule has 2 heterocycles. The second kappa shape index (κ2) is 8.01. The van der Waals surface area contributed by atoms with Gasteiger partial charge < -0.3 is 15.0 Å². The molecule has 0 amide bonds. The molecule has 150 valence electrons. The van der Waals surface area contributed by atoms with Crippen molar-refractivity contribution < 1.29 is 4.74 Å². The lowest BCUT2D eigenvalue weighted by Gasteiger charge is -2.43. The molecule has 1 fully saturated rings. The van der Waals surface area contributed by atoms with Crippen molar-refractivity contribution in [3.8, 4) is 11.4 Å². The first-order chi connectivity index (χ1) is 14.3. The van der Waals surface area contributed by atoms with Crippen LogP contribution in [0.1, 0.15) is 36.5 Å². The van der Waals surface area contributed by atoms with Gasteiger partial charge in [0.25, 0.3) is 0 Å². The van der Waals surface area contributed by atoms with E-state index in [1.54, 1.807) is 6.20 Å². The van der Waals surface area contributed by atoms with Crippen molar-refractivity contribution >= 4 is 0 Å². The van der Waals surface area contributed by atoms with Crippen molar-refractivity contribution in [1.82, 2.24) is 14.5 Å². The first-order valence-corrected chi connectivity index (χ1v) is 10.6. The molecule has 1 aliphatic heterocycles. The summed E-state index contributed by atoms with van der Waals surface area (Å²) in [5, 5.41) is 0. The zero-order chi connectivity index (χ0) is 19.6. The first kappa shape index (κ1) is 18.4. The Bertz CT molecular complexity index is 938. The molecule has 0 radical (unpaired) electrons. The number of hydrogen-bond acceptors (Lipinski definition) is 4. The Morgan fingerprint density at radius 3 is 2.69 bits per heavy atom. The van der Waals surface area contributed by atoms with Crippen LogP contribution in [0.5, 0.6) is 5.75 Å². The normalized spacial score (nSPS) is 24.8. The van der Waals surface area contributed by atoms with Crippen molar-refractivity contribution in [2.45, 2.75) is 43.9 Å². The number of hydrogen-bond donors (Lipinski definition) is 1. The molecule has 2 aliphatic rings. The monoisotopic (exact) mass is 388 g/mol. The van der Waals surface area contributed by atoms with E-state index in [1.165, 1.54) is 17.5 Å². The Kier molecular flexibility index (Phi) is 5.08.